The summed E-state index contributed by atoms with van der Waals surface area (Å²) in [5.74, 6) is 0.173. The molecule has 2 saturated heterocycles. The molecule has 0 saturated carbocycles. The zero-order valence-electron chi connectivity index (χ0n) is 17.7. The van der Waals surface area contributed by atoms with Gasteiger partial charge in [-0.25, -0.2) is 4.39 Å². The van der Waals surface area contributed by atoms with Crippen LogP contribution >= 0.6 is 35.4 Å². The number of benzene rings is 2. The van der Waals surface area contributed by atoms with E-state index in [1.807, 2.05) is 4.90 Å². The fourth-order valence-corrected chi connectivity index (χ4v) is 4.44. The number of thiocarbonyl (C=S) groups is 1. The van der Waals surface area contributed by atoms with Crippen molar-refractivity contribution < 1.29 is 18.3 Å². The van der Waals surface area contributed by atoms with Crippen LogP contribution in [0.25, 0.3) is 17.4 Å². The maximum Gasteiger partial charge on any atom is 0.281 e. The van der Waals surface area contributed by atoms with Gasteiger partial charge in [-0.1, -0.05) is 23.2 Å². The van der Waals surface area contributed by atoms with Crippen LogP contribution in [0.3, 0.4) is 0 Å². The van der Waals surface area contributed by atoms with Crippen LogP contribution in [0.5, 0.6) is 0 Å². The zero-order chi connectivity index (χ0) is 23.8. The summed E-state index contributed by atoms with van der Waals surface area (Å²) >= 11 is 17.4. The lowest BCUT2D eigenvalue weighted by Gasteiger charge is -2.29. The normalized spacial score (nSPS) is 17.6. The van der Waals surface area contributed by atoms with Crippen LogP contribution in [0, 0.1) is 5.82 Å². The van der Waals surface area contributed by atoms with Crippen LogP contribution in [0.4, 0.5) is 15.8 Å². The van der Waals surface area contributed by atoms with Crippen LogP contribution in [-0.2, 0) is 9.53 Å². The van der Waals surface area contributed by atoms with Gasteiger partial charge in [0.25, 0.3) is 5.91 Å². The van der Waals surface area contributed by atoms with E-state index >= 15 is 0 Å². The van der Waals surface area contributed by atoms with Gasteiger partial charge in [-0.15, -0.1) is 0 Å². The second-order valence-corrected chi connectivity index (χ2v) is 8.90. The molecule has 0 unspecified atom stereocenters. The molecule has 1 aromatic heterocycles. The quantitative estimate of drug-likeness (QED) is 0.364. The average Bonchev–Trinajstić information content (AvgIpc) is 3.40. The number of anilines is 2. The molecule has 10 heteroatoms. The van der Waals surface area contributed by atoms with Gasteiger partial charge >= 0.3 is 0 Å². The van der Waals surface area contributed by atoms with Gasteiger partial charge in [0, 0.05) is 30.8 Å². The van der Waals surface area contributed by atoms with E-state index in [1.54, 1.807) is 48.5 Å². The number of morpholine rings is 1. The first kappa shape index (κ1) is 22.9. The minimum absolute atomic E-state index is 0.158. The van der Waals surface area contributed by atoms with E-state index in [4.69, 9.17) is 44.6 Å². The first-order valence-corrected chi connectivity index (χ1v) is 11.6. The van der Waals surface area contributed by atoms with E-state index in [-0.39, 0.29) is 10.8 Å². The summed E-state index contributed by atoms with van der Waals surface area (Å²) in [5, 5.41) is 3.90. The third kappa shape index (κ3) is 4.42. The Morgan fingerprint density at radius 3 is 2.56 bits per heavy atom. The number of halogens is 3. The van der Waals surface area contributed by atoms with Crippen molar-refractivity contribution in [3.8, 4) is 11.3 Å². The van der Waals surface area contributed by atoms with Gasteiger partial charge in [0.1, 0.15) is 23.0 Å². The Balaban J connectivity index is 1.37. The lowest BCUT2D eigenvalue weighted by atomic mass is 10.2. The van der Waals surface area contributed by atoms with Crippen molar-refractivity contribution in [3.63, 3.8) is 0 Å². The smallest absolute Gasteiger partial charge is 0.281 e. The number of nitrogens with zero attached hydrogens (tertiary/aromatic N) is 2. The Morgan fingerprint density at radius 2 is 1.82 bits per heavy atom. The molecule has 2 fully saturated rings. The minimum Gasteiger partial charge on any atom is -0.457 e. The molecule has 5 rings (SSSR count). The SMILES string of the molecule is O=C1/C(=C/c2ccc(-c3ccc(Cl)c(Cl)c3)o2)NC(=S)N1c1ccc(N2CCOCC2)c(F)c1. The van der Waals surface area contributed by atoms with Crippen LogP contribution < -0.4 is 15.1 Å². The van der Waals surface area contributed by atoms with Crippen LogP contribution in [0.1, 0.15) is 5.76 Å². The standard InChI is InChI=1S/C24H18Cl2FN3O3S/c25-17-4-1-14(11-18(17)26)22-6-3-16(33-22)13-20-23(31)30(24(34)28-20)15-2-5-21(19(27)12-15)29-7-9-32-10-8-29/h1-6,11-13H,7-10H2,(H,28,34)/b20-13-. The monoisotopic (exact) mass is 517 g/mol. The van der Waals surface area contributed by atoms with E-state index in [9.17, 15) is 9.18 Å². The molecule has 2 aromatic carbocycles. The van der Waals surface area contributed by atoms with Gasteiger partial charge < -0.3 is 19.4 Å². The highest BCUT2D eigenvalue weighted by atomic mass is 35.5. The molecule has 1 amide bonds. The predicted molar refractivity (Wildman–Crippen MR) is 135 cm³/mol. The van der Waals surface area contributed by atoms with Crippen LogP contribution in [-0.4, -0.2) is 37.3 Å². The maximum absolute atomic E-state index is 14.9. The topological polar surface area (TPSA) is 58.0 Å². The Morgan fingerprint density at radius 1 is 1.03 bits per heavy atom. The maximum atomic E-state index is 14.9. The van der Waals surface area contributed by atoms with Gasteiger partial charge in [-0.3, -0.25) is 9.69 Å². The number of rotatable bonds is 4. The van der Waals surface area contributed by atoms with E-state index < -0.39 is 11.7 Å². The van der Waals surface area contributed by atoms with Crippen LogP contribution in [0.2, 0.25) is 10.0 Å². The molecule has 174 valence electrons. The van der Waals surface area contributed by atoms with E-state index in [0.717, 1.165) is 5.56 Å². The average molecular weight is 518 g/mol. The van der Waals surface area contributed by atoms with E-state index in [2.05, 4.69) is 5.32 Å². The van der Waals surface area contributed by atoms with Crippen molar-refractivity contribution in [1.82, 2.24) is 5.32 Å². The highest BCUT2D eigenvalue weighted by Gasteiger charge is 2.33. The Labute approximate surface area is 210 Å². The summed E-state index contributed by atoms with van der Waals surface area (Å²) in [7, 11) is 0. The minimum atomic E-state index is -0.426. The summed E-state index contributed by atoms with van der Waals surface area (Å²) in [5.41, 5.74) is 1.78. The molecule has 6 nitrogen and oxygen atoms in total. The second kappa shape index (κ2) is 9.38. The number of furan rings is 1. The van der Waals surface area contributed by atoms with Crippen LogP contribution in [0.15, 0.2) is 58.6 Å². The molecule has 2 aliphatic rings. The van der Waals surface area contributed by atoms with Gasteiger partial charge in [-0.05, 0) is 54.7 Å². The van der Waals surface area contributed by atoms with E-state index in [0.29, 0.717) is 59.2 Å². The highest BCUT2D eigenvalue weighted by molar-refractivity contribution is 7.80. The Kier molecular flexibility index (Phi) is 6.31. The van der Waals surface area contributed by atoms with Crippen molar-refractivity contribution >= 4 is 63.9 Å². The second-order valence-electron chi connectivity index (χ2n) is 7.69. The molecule has 2 aliphatic heterocycles. The summed E-state index contributed by atoms with van der Waals surface area (Å²) < 4.78 is 26.0. The lowest BCUT2D eigenvalue weighted by molar-refractivity contribution is -0.113. The number of carbonyl (C=O) groups is 1. The van der Waals surface area contributed by atoms with Crippen molar-refractivity contribution in [2.75, 3.05) is 36.1 Å². The largest absolute Gasteiger partial charge is 0.457 e. The summed E-state index contributed by atoms with van der Waals surface area (Å²) in [6, 6.07) is 13.3. The molecule has 0 aliphatic carbocycles. The van der Waals surface area contributed by atoms with Gasteiger partial charge in [-0.2, -0.15) is 0 Å². The van der Waals surface area contributed by atoms with Crippen molar-refractivity contribution in [2.24, 2.45) is 0 Å². The third-order valence-electron chi connectivity index (χ3n) is 5.54. The molecule has 0 atom stereocenters. The first-order valence-electron chi connectivity index (χ1n) is 10.5. The summed E-state index contributed by atoms with van der Waals surface area (Å²) in [6.07, 6.45) is 1.55. The van der Waals surface area contributed by atoms with Gasteiger partial charge in [0.15, 0.2) is 5.11 Å². The highest BCUT2D eigenvalue weighted by Crippen LogP contribution is 2.31. The predicted octanol–water partition coefficient (Wildman–Crippen LogP) is 5.49. The zero-order valence-corrected chi connectivity index (χ0v) is 20.0. The third-order valence-corrected chi connectivity index (χ3v) is 6.56. The number of amides is 1. The van der Waals surface area contributed by atoms with Crippen molar-refractivity contribution in [2.45, 2.75) is 0 Å². The number of hydrogen-bond acceptors (Lipinski definition) is 5. The summed E-state index contributed by atoms with van der Waals surface area (Å²) in [6.45, 7) is 2.32. The Bertz CT molecular complexity index is 1320. The fourth-order valence-electron chi connectivity index (χ4n) is 3.84. The van der Waals surface area contributed by atoms with E-state index in [1.165, 1.54) is 11.0 Å². The molecule has 0 spiro atoms. The molecule has 34 heavy (non-hydrogen) atoms. The number of carbonyl (C=O) groups excluding carboxylic acids is 1. The lowest BCUT2D eigenvalue weighted by Crippen LogP contribution is -2.37. The molecule has 3 aromatic rings. The Hall–Kier alpha value is -2.91. The molecule has 1 N–H and O–H groups in total. The van der Waals surface area contributed by atoms with Gasteiger partial charge in [0.05, 0.1) is 34.6 Å². The fraction of sp³-hybridized carbons (Fsp3) is 0.167. The molecule has 0 radical (unpaired) electrons. The first-order chi connectivity index (χ1) is 16.4. The number of nitrogens with one attached hydrogen (secondary N) is 1. The summed E-state index contributed by atoms with van der Waals surface area (Å²) in [4.78, 5) is 16.2. The molecular formula is C24H18Cl2FN3O3S. The molecule has 3 heterocycles. The van der Waals surface area contributed by atoms with Crippen molar-refractivity contribution in [3.05, 3.63) is 75.9 Å². The number of hydrogen-bond donors (Lipinski definition) is 1. The molecular weight excluding hydrogens is 500 g/mol. The molecule has 0 bridgehead atoms. The van der Waals surface area contributed by atoms with Crippen molar-refractivity contribution in [1.29, 1.82) is 0 Å². The number of ether oxygens (including phenoxy) is 1. The van der Waals surface area contributed by atoms with Gasteiger partial charge in [0.2, 0.25) is 0 Å².